The number of nitrogens with zero attached hydrogens (tertiary/aromatic N) is 2. The topological polar surface area (TPSA) is 47.0 Å². The summed E-state index contributed by atoms with van der Waals surface area (Å²) < 4.78 is 6.41. The van der Waals surface area contributed by atoms with E-state index < -0.39 is 0 Å². The van der Waals surface area contributed by atoms with Crippen molar-refractivity contribution in [1.29, 1.82) is 0 Å². The van der Waals surface area contributed by atoms with Crippen LogP contribution in [0.15, 0.2) is 47.2 Å². The summed E-state index contributed by atoms with van der Waals surface area (Å²) in [5.74, 6) is 1.30. The summed E-state index contributed by atoms with van der Waals surface area (Å²) in [5, 5.41) is 3.22. The van der Waals surface area contributed by atoms with Crippen molar-refractivity contribution in [2.75, 3.05) is 18.5 Å². The van der Waals surface area contributed by atoms with Crippen LogP contribution in [0, 0.1) is 0 Å². The Morgan fingerprint density at radius 2 is 2.05 bits per heavy atom. The molecule has 2 rings (SSSR count). The van der Waals surface area contributed by atoms with Gasteiger partial charge >= 0.3 is 0 Å². The van der Waals surface area contributed by atoms with Crippen LogP contribution in [0.25, 0.3) is 6.08 Å². The van der Waals surface area contributed by atoms with Crippen LogP contribution in [0.1, 0.15) is 18.9 Å². The quantitative estimate of drug-likeness (QED) is 0.816. The summed E-state index contributed by atoms with van der Waals surface area (Å²) in [6.07, 6.45) is 6.51. The minimum absolute atomic E-state index is 0.456. The van der Waals surface area contributed by atoms with Crippen LogP contribution in [-0.2, 0) is 0 Å². The van der Waals surface area contributed by atoms with Crippen LogP contribution < -0.4 is 10.1 Å². The largest absolute Gasteiger partial charge is 0.472 e. The molecule has 1 aromatic carbocycles. The van der Waals surface area contributed by atoms with Gasteiger partial charge in [0.15, 0.2) is 0 Å². The predicted molar refractivity (Wildman–Crippen MR) is 89.5 cm³/mol. The van der Waals surface area contributed by atoms with Crippen LogP contribution in [-0.4, -0.2) is 23.1 Å². The average Bonchev–Trinajstić information content (AvgIpc) is 2.53. The normalized spacial score (nSPS) is 10.8. The number of ether oxygens (including phenoxy) is 1. The summed E-state index contributed by atoms with van der Waals surface area (Å²) in [7, 11) is 0. The summed E-state index contributed by atoms with van der Waals surface area (Å²) in [6.45, 7) is 3.43. The molecular formula is C16H18BrN3O. The van der Waals surface area contributed by atoms with E-state index in [4.69, 9.17) is 4.74 Å². The molecular weight excluding hydrogens is 330 g/mol. The first-order chi connectivity index (χ1) is 10.3. The molecule has 21 heavy (non-hydrogen) atoms. The lowest BCUT2D eigenvalue weighted by molar-refractivity contribution is 0.346. The number of benzene rings is 1. The summed E-state index contributed by atoms with van der Waals surface area (Å²) >= 11 is 3.47. The molecule has 0 fully saturated rings. The molecule has 0 aliphatic rings. The van der Waals surface area contributed by atoms with Gasteiger partial charge in [0.1, 0.15) is 23.2 Å². The average molecular weight is 348 g/mol. The molecule has 0 aliphatic carbocycles. The van der Waals surface area contributed by atoms with Crippen molar-refractivity contribution in [3.63, 3.8) is 0 Å². The van der Waals surface area contributed by atoms with E-state index in [0.717, 1.165) is 28.8 Å². The molecule has 0 radical (unpaired) electrons. The molecule has 2 aromatic rings. The lowest BCUT2D eigenvalue weighted by atomic mass is 10.2. The number of anilines is 1. The first-order valence-corrected chi connectivity index (χ1v) is 7.69. The van der Waals surface area contributed by atoms with Gasteiger partial charge in [-0.2, -0.15) is 0 Å². The van der Waals surface area contributed by atoms with E-state index in [1.165, 1.54) is 6.33 Å². The summed E-state index contributed by atoms with van der Waals surface area (Å²) in [6, 6.07) is 10.1. The van der Waals surface area contributed by atoms with Crippen molar-refractivity contribution in [3.8, 4) is 5.88 Å². The van der Waals surface area contributed by atoms with Gasteiger partial charge in [0.25, 0.3) is 0 Å². The Bertz CT molecular complexity index is 587. The molecule has 0 atom stereocenters. The van der Waals surface area contributed by atoms with Gasteiger partial charge in [0, 0.05) is 6.54 Å². The fourth-order valence-electron chi connectivity index (χ4n) is 1.70. The maximum absolute atomic E-state index is 5.65. The monoisotopic (exact) mass is 347 g/mol. The third kappa shape index (κ3) is 4.86. The summed E-state index contributed by atoms with van der Waals surface area (Å²) in [5.41, 5.74) is 1.15. The van der Waals surface area contributed by atoms with Crippen molar-refractivity contribution < 1.29 is 4.74 Å². The van der Waals surface area contributed by atoms with E-state index in [2.05, 4.69) is 38.1 Å². The fraction of sp³-hybridized carbons (Fsp3) is 0.250. The molecule has 0 saturated carbocycles. The van der Waals surface area contributed by atoms with E-state index in [-0.39, 0.29) is 0 Å². The minimum Gasteiger partial charge on any atom is -0.472 e. The zero-order valence-electron chi connectivity index (χ0n) is 11.9. The number of halogens is 1. The highest BCUT2D eigenvalue weighted by molar-refractivity contribution is 9.10. The molecule has 110 valence electrons. The van der Waals surface area contributed by atoms with E-state index in [9.17, 15) is 0 Å². The Labute approximate surface area is 133 Å². The highest BCUT2D eigenvalue weighted by Gasteiger charge is 2.08. The van der Waals surface area contributed by atoms with E-state index in [1.807, 2.05) is 42.5 Å². The second-order valence-electron chi connectivity index (χ2n) is 4.39. The molecule has 5 heteroatoms. The molecule has 0 spiro atoms. The highest BCUT2D eigenvalue weighted by atomic mass is 79.9. The van der Waals surface area contributed by atoms with Crippen molar-refractivity contribution in [3.05, 3.63) is 52.8 Å². The van der Waals surface area contributed by atoms with E-state index >= 15 is 0 Å². The molecule has 4 nitrogen and oxygen atoms in total. The Morgan fingerprint density at radius 3 is 2.81 bits per heavy atom. The fourth-order valence-corrected chi connectivity index (χ4v) is 2.16. The van der Waals surface area contributed by atoms with Crippen LogP contribution in [0.3, 0.4) is 0 Å². The number of nitrogens with one attached hydrogen (secondary N) is 1. The van der Waals surface area contributed by atoms with Crippen molar-refractivity contribution >= 4 is 27.8 Å². The molecule has 1 N–H and O–H groups in total. The first kappa shape index (κ1) is 15.5. The molecule has 0 bridgehead atoms. The van der Waals surface area contributed by atoms with Crippen molar-refractivity contribution in [2.45, 2.75) is 13.3 Å². The standard InChI is InChI=1S/C16H18BrN3O/c1-2-10-18-15-14(17)16(20-12-19-15)21-11-6-9-13-7-4-3-5-8-13/h3-9,12H,2,10-11H2,1H3,(H,18,19,20)/b9-6+. The highest BCUT2D eigenvalue weighted by Crippen LogP contribution is 2.28. The van der Waals surface area contributed by atoms with Gasteiger partial charge in [0.2, 0.25) is 5.88 Å². The van der Waals surface area contributed by atoms with Gasteiger partial charge in [-0.3, -0.25) is 0 Å². The lowest BCUT2D eigenvalue weighted by Gasteiger charge is -2.09. The van der Waals surface area contributed by atoms with Crippen molar-refractivity contribution in [1.82, 2.24) is 9.97 Å². The maximum Gasteiger partial charge on any atom is 0.233 e. The zero-order valence-corrected chi connectivity index (χ0v) is 13.5. The molecule has 0 aliphatic heterocycles. The van der Waals surface area contributed by atoms with Crippen LogP contribution >= 0.6 is 15.9 Å². The van der Waals surface area contributed by atoms with Crippen LogP contribution in [0.2, 0.25) is 0 Å². The first-order valence-electron chi connectivity index (χ1n) is 6.90. The maximum atomic E-state index is 5.65. The Morgan fingerprint density at radius 1 is 1.24 bits per heavy atom. The predicted octanol–water partition coefficient (Wildman–Crippen LogP) is 4.15. The molecule has 0 unspecified atom stereocenters. The van der Waals surface area contributed by atoms with Gasteiger partial charge in [0.05, 0.1) is 0 Å². The Kier molecular flexibility index (Phi) is 6.22. The van der Waals surface area contributed by atoms with E-state index in [1.54, 1.807) is 0 Å². The van der Waals surface area contributed by atoms with Crippen LogP contribution in [0.4, 0.5) is 5.82 Å². The molecule has 1 aromatic heterocycles. The minimum atomic E-state index is 0.456. The summed E-state index contributed by atoms with van der Waals surface area (Å²) in [4.78, 5) is 8.32. The SMILES string of the molecule is CCCNc1ncnc(OC/C=C/c2ccccc2)c1Br. The number of hydrogen-bond donors (Lipinski definition) is 1. The van der Waals surface area contributed by atoms with Crippen LogP contribution in [0.5, 0.6) is 5.88 Å². The number of hydrogen-bond acceptors (Lipinski definition) is 4. The Hall–Kier alpha value is -1.88. The lowest BCUT2D eigenvalue weighted by Crippen LogP contribution is -2.05. The third-order valence-corrected chi connectivity index (χ3v) is 3.44. The number of rotatable bonds is 7. The zero-order chi connectivity index (χ0) is 14.9. The number of aromatic nitrogens is 2. The second kappa shape index (κ2) is 8.42. The van der Waals surface area contributed by atoms with Gasteiger partial charge in [-0.15, -0.1) is 0 Å². The Balaban J connectivity index is 1.92. The third-order valence-electron chi connectivity index (χ3n) is 2.73. The van der Waals surface area contributed by atoms with Gasteiger partial charge in [-0.05, 0) is 34.0 Å². The van der Waals surface area contributed by atoms with Gasteiger partial charge in [-0.25, -0.2) is 9.97 Å². The van der Waals surface area contributed by atoms with Gasteiger partial charge < -0.3 is 10.1 Å². The smallest absolute Gasteiger partial charge is 0.233 e. The van der Waals surface area contributed by atoms with Gasteiger partial charge in [-0.1, -0.05) is 43.3 Å². The second-order valence-corrected chi connectivity index (χ2v) is 5.19. The van der Waals surface area contributed by atoms with E-state index in [0.29, 0.717) is 12.5 Å². The van der Waals surface area contributed by atoms with Crippen molar-refractivity contribution in [2.24, 2.45) is 0 Å². The molecule has 0 amide bonds. The molecule has 0 saturated heterocycles. The molecule has 1 heterocycles.